The molecule has 0 saturated carbocycles. The van der Waals surface area contributed by atoms with Crippen molar-refractivity contribution in [1.82, 2.24) is 10.2 Å². The lowest BCUT2D eigenvalue weighted by atomic mass is 10.2. The molecule has 0 aliphatic rings. The normalized spacial score (nSPS) is 10.3. The molecule has 2 aromatic carbocycles. The zero-order valence-electron chi connectivity index (χ0n) is 16.6. The lowest BCUT2D eigenvalue weighted by Crippen LogP contribution is -2.43. The largest absolute Gasteiger partial charge is 0.490 e. The van der Waals surface area contributed by atoms with Gasteiger partial charge in [-0.15, -0.1) is 0 Å². The van der Waals surface area contributed by atoms with Crippen molar-refractivity contribution in [2.45, 2.75) is 13.0 Å². The first-order chi connectivity index (χ1) is 14.4. The number of hydrogen-bond acceptors (Lipinski definition) is 5. The van der Waals surface area contributed by atoms with Crippen LogP contribution in [0.5, 0.6) is 5.75 Å². The molecule has 0 radical (unpaired) electrons. The number of benzene rings is 2. The number of methoxy groups -OCH3 is 1. The average Bonchev–Trinajstić information content (AvgIpc) is 2.72. The first-order valence-corrected chi connectivity index (χ1v) is 10.4. The zero-order chi connectivity index (χ0) is 21.9. The summed E-state index contributed by atoms with van der Waals surface area (Å²) in [6.45, 7) is 1.43. The molecule has 0 aromatic heterocycles. The third-order valence-electron chi connectivity index (χ3n) is 4.08. The van der Waals surface area contributed by atoms with Crippen molar-refractivity contribution in [1.29, 1.82) is 0 Å². The average molecular weight is 494 g/mol. The third kappa shape index (κ3) is 7.74. The quantitative estimate of drug-likeness (QED) is 0.390. The Morgan fingerprint density at radius 1 is 1.17 bits per heavy atom. The molecule has 0 spiro atoms. The van der Waals surface area contributed by atoms with Gasteiger partial charge in [0.15, 0.2) is 5.11 Å². The summed E-state index contributed by atoms with van der Waals surface area (Å²) in [5, 5.41) is 2.93. The molecule has 2 aromatic rings. The number of nitrogens with one attached hydrogen (secondary N) is 1. The van der Waals surface area contributed by atoms with Gasteiger partial charge >= 0.3 is 0 Å². The number of carbonyl (C=O) groups is 2. The van der Waals surface area contributed by atoms with E-state index in [4.69, 9.17) is 27.4 Å². The topological polar surface area (TPSA) is 93.9 Å². The van der Waals surface area contributed by atoms with Crippen LogP contribution in [0.25, 0.3) is 0 Å². The van der Waals surface area contributed by atoms with Crippen LogP contribution in [0.4, 0.5) is 0 Å². The van der Waals surface area contributed by atoms with Crippen LogP contribution in [0.3, 0.4) is 0 Å². The predicted octanol–water partition coefficient (Wildman–Crippen LogP) is 2.87. The lowest BCUT2D eigenvalue weighted by molar-refractivity contribution is -0.118. The third-order valence-corrected chi connectivity index (χ3v) is 4.94. The number of rotatable bonds is 10. The van der Waals surface area contributed by atoms with E-state index in [9.17, 15) is 9.59 Å². The van der Waals surface area contributed by atoms with Gasteiger partial charge in [-0.25, -0.2) is 0 Å². The molecule has 0 unspecified atom stereocenters. The summed E-state index contributed by atoms with van der Waals surface area (Å²) >= 11 is 8.83. The Hall–Kier alpha value is -2.49. The van der Waals surface area contributed by atoms with Crippen LogP contribution < -0.4 is 15.8 Å². The van der Waals surface area contributed by atoms with Crippen LogP contribution >= 0.6 is 28.1 Å². The Morgan fingerprint density at radius 3 is 2.57 bits per heavy atom. The van der Waals surface area contributed by atoms with Crippen molar-refractivity contribution in [3.8, 4) is 5.75 Å². The second-order valence-electron chi connectivity index (χ2n) is 6.36. The van der Waals surface area contributed by atoms with E-state index in [0.29, 0.717) is 37.6 Å². The molecule has 0 aliphatic carbocycles. The Labute approximate surface area is 189 Å². The fourth-order valence-electron chi connectivity index (χ4n) is 2.59. The molecule has 30 heavy (non-hydrogen) atoms. The number of thiocarbonyl (C=S) groups is 1. The molecule has 0 heterocycles. The van der Waals surface area contributed by atoms with E-state index in [1.165, 1.54) is 0 Å². The van der Waals surface area contributed by atoms with Crippen molar-refractivity contribution in [3.05, 3.63) is 64.1 Å². The zero-order valence-corrected chi connectivity index (χ0v) is 19.0. The highest BCUT2D eigenvalue weighted by molar-refractivity contribution is 9.10. The van der Waals surface area contributed by atoms with Crippen LogP contribution in [-0.4, -0.2) is 48.7 Å². The van der Waals surface area contributed by atoms with Gasteiger partial charge in [-0.3, -0.25) is 14.9 Å². The summed E-state index contributed by atoms with van der Waals surface area (Å²) < 4.78 is 11.4. The van der Waals surface area contributed by atoms with Crippen LogP contribution in [0.2, 0.25) is 0 Å². The number of nitrogens with two attached hydrogens (primary N) is 1. The van der Waals surface area contributed by atoms with Crippen molar-refractivity contribution < 1.29 is 19.1 Å². The van der Waals surface area contributed by atoms with Gasteiger partial charge in [-0.2, -0.15) is 0 Å². The fourth-order valence-corrected chi connectivity index (χ4v) is 3.19. The monoisotopic (exact) mass is 493 g/mol. The minimum atomic E-state index is -0.442. The number of ether oxygens (including phenoxy) is 2. The molecular formula is C21H24BrN3O4S. The van der Waals surface area contributed by atoms with Gasteiger partial charge in [-0.1, -0.05) is 46.3 Å². The van der Waals surface area contributed by atoms with Gasteiger partial charge in [0, 0.05) is 31.1 Å². The maximum atomic E-state index is 12.9. The molecule has 2 amide bonds. The summed E-state index contributed by atoms with van der Waals surface area (Å²) in [7, 11) is 1.57. The number of halogens is 1. The number of hydrogen-bond donors (Lipinski definition) is 2. The maximum Gasteiger partial charge on any atom is 0.261 e. The highest BCUT2D eigenvalue weighted by Gasteiger charge is 2.18. The van der Waals surface area contributed by atoms with Crippen LogP contribution in [0.1, 0.15) is 22.3 Å². The van der Waals surface area contributed by atoms with Gasteiger partial charge in [0.25, 0.3) is 5.91 Å². The van der Waals surface area contributed by atoms with Gasteiger partial charge in [0.05, 0.1) is 12.2 Å². The SMILES string of the molecule is COCCOc1ccc(Br)cc1C(=O)NC(=S)N(CCC(N)=O)Cc1ccccc1. The summed E-state index contributed by atoms with van der Waals surface area (Å²) in [5.74, 6) is -0.434. The van der Waals surface area contributed by atoms with Gasteiger partial charge in [-0.05, 0) is 36.0 Å². The van der Waals surface area contributed by atoms with Gasteiger partial charge in [0.1, 0.15) is 12.4 Å². The van der Waals surface area contributed by atoms with Crippen molar-refractivity contribution in [3.63, 3.8) is 0 Å². The number of nitrogens with zero attached hydrogens (tertiary/aromatic N) is 1. The number of carbonyl (C=O) groups excluding carboxylic acids is 2. The predicted molar refractivity (Wildman–Crippen MR) is 122 cm³/mol. The van der Waals surface area contributed by atoms with Crippen molar-refractivity contribution in [2.75, 3.05) is 26.9 Å². The Kier molecular flexibility index (Phi) is 9.72. The summed E-state index contributed by atoms with van der Waals surface area (Å²) in [5.41, 5.74) is 6.61. The Balaban J connectivity index is 2.14. The standard InChI is InChI=1S/C21H24BrN3O4S/c1-28-11-12-29-18-8-7-16(22)13-17(18)20(27)24-21(30)25(10-9-19(23)26)14-15-5-3-2-4-6-15/h2-8,13H,9-12,14H2,1H3,(H2,23,26)(H,24,27,30). The smallest absolute Gasteiger partial charge is 0.261 e. The van der Waals surface area contributed by atoms with E-state index < -0.39 is 11.8 Å². The molecule has 160 valence electrons. The molecule has 0 aliphatic heterocycles. The van der Waals surface area contributed by atoms with Gasteiger partial charge in [0.2, 0.25) is 5.91 Å². The first-order valence-electron chi connectivity index (χ1n) is 9.24. The van der Waals surface area contributed by atoms with E-state index in [1.54, 1.807) is 30.2 Å². The molecule has 0 bridgehead atoms. The highest BCUT2D eigenvalue weighted by atomic mass is 79.9. The molecule has 0 atom stereocenters. The minimum absolute atomic E-state index is 0.116. The van der Waals surface area contributed by atoms with Gasteiger partial charge < -0.3 is 20.1 Å². The molecule has 0 saturated heterocycles. The van der Waals surface area contributed by atoms with E-state index in [1.807, 2.05) is 30.3 Å². The Morgan fingerprint density at radius 2 is 1.90 bits per heavy atom. The highest BCUT2D eigenvalue weighted by Crippen LogP contribution is 2.23. The molecule has 7 nitrogen and oxygen atoms in total. The van der Waals surface area contributed by atoms with Crippen molar-refractivity contribution >= 4 is 45.1 Å². The summed E-state index contributed by atoms with van der Waals surface area (Å²) in [6.07, 6.45) is 0.116. The number of primary amides is 1. The number of amides is 2. The Bertz CT molecular complexity index is 880. The van der Waals surface area contributed by atoms with E-state index in [-0.39, 0.29) is 11.5 Å². The molecule has 3 N–H and O–H groups in total. The fraction of sp³-hybridized carbons (Fsp3) is 0.286. The molecule has 9 heteroatoms. The second-order valence-corrected chi connectivity index (χ2v) is 7.67. The second kappa shape index (κ2) is 12.3. The maximum absolute atomic E-state index is 12.9. The summed E-state index contributed by atoms with van der Waals surface area (Å²) in [6, 6.07) is 14.8. The van der Waals surface area contributed by atoms with Crippen LogP contribution in [-0.2, 0) is 16.1 Å². The summed E-state index contributed by atoms with van der Waals surface area (Å²) in [4.78, 5) is 25.9. The van der Waals surface area contributed by atoms with E-state index in [0.717, 1.165) is 10.0 Å². The van der Waals surface area contributed by atoms with Crippen molar-refractivity contribution in [2.24, 2.45) is 5.73 Å². The molecule has 2 rings (SSSR count). The minimum Gasteiger partial charge on any atom is -0.490 e. The van der Waals surface area contributed by atoms with E-state index in [2.05, 4.69) is 21.2 Å². The molecular weight excluding hydrogens is 470 g/mol. The van der Waals surface area contributed by atoms with E-state index >= 15 is 0 Å². The van der Waals surface area contributed by atoms with Crippen LogP contribution in [0, 0.1) is 0 Å². The molecule has 0 fully saturated rings. The lowest BCUT2D eigenvalue weighted by Gasteiger charge is -2.25. The van der Waals surface area contributed by atoms with Crippen LogP contribution in [0.15, 0.2) is 53.0 Å². The first kappa shape index (κ1) is 23.8.